The lowest BCUT2D eigenvalue weighted by molar-refractivity contribution is 0.448. The van der Waals surface area contributed by atoms with Crippen LogP contribution in [0.4, 0.5) is 0 Å². The summed E-state index contributed by atoms with van der Waals surface area (Å²) in [7, 11) is -3.57. The van der Waals surface area contributed by atoms with E-state index < -0.39 is 10.0 Å². The van der Waals surface area contributed by atoms with Crippen LogP contribution >= 0.6 is 11.6 Å². The lowest BCUT2D eigenvalue weighted by Gasteiger charge is -2.18. The van der Waals surface area contributed by atoms with Gasteiger partial charge >= 0.3 is 0 Å². The van der Waals surface area contributed by atoms with E-state index >= 15 is 0 Å². The first-order chi connectivity index (χ1) is 9.52. The molecular weight excluding hydrogens is 298 g/mol. The minimum absolute atomic E-state index is 0.0890. The third-order valence-electron chi connectivity index (χ3n) is 4.03. The van der Waals surface area contributed by atoms with Gasteiger partial charge in [-0.15, -0.1) is 0 Å². The maximum atomic E-state index is 12.6. The summed E-state index contributed by atoms with van der Waals surface area (Å²) < 4.78 is 26.8. The summed E-state index contributed by atoms with van der Waals surface area (Å²) in [5, 5.41) is 12.2. The number of fused-ring (bicyclic) bond motifs is 1. The van der Waals surface area contributed by atoms with E-state index in [2.05, 4.69) is 5.32 Å². The molecule has 5 nitrogen and oxygen atoms in total. The van der Waals surface area contributed by atoms with Gasteiger partial charge in [0.05, 0.1) is 16.7 Å². The molecule has 106 valence electrons. The maximum Gasteiger partial charge on any atom is 0.244 e. The smallest absolute Gasteiger partial charge is 0.244 e. The van der Waals surface area contributed by atoms with Crippen molar-refractivity contribution >= 4 is 21.6 Å². The second-order valence-corrected chi connectivity index (χ2v) is 7.57. The van der Waals surface area contributed by atoms with Crippen molar-refractivity contribution in [1.82, 2.24) is 9.62 Å². The van der Waals surface area contributed by atoms with Crippen molar-refractivity contribution in [3.63, 3.8) is 0 Å². The molecule has 0 bridgehead atoms. The minimum Gasteiger partial charge on any atom is -0.316 e. The zero-order chi connectivity index (χ0) is 14.3. The van der Waals surface area contributed by atoms with Gasteiger partial charge in [-0.1, -0.05) is 11.6 Å². The fraction of sp³-hybridized carbons (Fsp3) is 0.462. The molecule has 1 N–H and O–H groups in total. The van der Waals surface area contributed by atoms with Gasteiger partial charge in [0.15, 0.2) is 0 Å². The summed E-state index contributed by atoms with van der Waals surface area (Å²) in [5.41, 5.74) is 0.358. The zero-order valence-electron chi connectivity index (χ0n) is 10.7. The second-order valence-electron chi connectivity index (χ2n) is 5.26. The van der Waals surface area contributed by atoms with Crippen molar-refractivity contribution in [2.45, 2.75) is 4.90 Å². The van der Waals surface area contributed by atoms with Gasteiger partial charge < -0.3 is 5.32 Å². The van der Waals surface area contributed by atoms with Gasteiger partial charge in [-0.25, -0.2) is 8.42 Å². The predicted octanol–water partition coefficient (Wildman–Crippen LogP) is 1.05. The predicted molar refractivity (Wildman–Crippen MR) is 74.8 cm³/mol. The number of halogens is 1. The lowest BCUT2D eigenvalue weighted by atomic mass is 10.0. The van der Waals surface area contributed by atoms with E-state index in [0.29, 0.717) is 30.5 Å². The molecule has 1 aromatic rings. The summed E-state index contributed by atoms with van der Waals surface area (Å²) in [6.07, 6.45) is 0. The monoisotopic (exact) mass is 311 g/mol. The number of nitrogens with zero attached hydrogens (tertiary/aromatic N) is 2. The molecule has 2 fully saturated rings. The van der Waals surface area contributed by atoms with Crippen LogP contribution in [-0.4, -0.2) is 38.9 Å². The zero-order valence-corrected chi connectivity index (χ0v) is 12.3. The van der Waals surface area contributed by atoms with Crippen LogP contribution < -0.4 is 5.32 Å². The van der Waals surface area contributed by atoms with Crippen molar-refractivity contribution in [2.75, 3.05) is 26.2 Å². The molecule has 2 aliphatic heterocycles. The summed E-state index contributed by atoms with van der Waals surface area (Å²) >= 11 is 6.02. The topological polar surface area (TPSA) is 73.2 Å². The van der Waals surface area contributed by atoms with Crippen LogP contribution in [0, 0.1) is 23.2 Å². The molecule has 2 atom stereocenters. The Labute approximate surface area is 123 Å². The minimum atomic E-state index is -3.57. The molecule has 2 unspecified atom stereocenters. The van der Waals surface area contributed by atoms with E-state index in [0.717, 1.165) is 13.1 Å². The second kappa shape index (κ2) is 5.01. The number of sulfonamides is 1. The highest BCUT2D eigenvalue weighted by molar-refractivity contribution is 7.89. The molecule has 0 radical (unpaired) electrons. The Morgan fingerprint density at radius 2 is 1.95 bits per heavy atom. The molecule has 20 heavy (non-hydrogen) atoms. The van der Waals surface area contributed by atoms with Gasteiger partial charge in [0.2, 0.25) is 10.0 Å². The first kappa shape index (κ1) is 13.8. The van der Waals surface area contributed by atoms with Crippen LogP contribution in [0.2, 0.25) is 5.02 Å². The molecule has 1 aromatic carbocycles. The van der Waals surface area contributed by atoms with E-state index in [1.165, 1.54) is 22.5 Å². The Balaban J connectivity index is 1.91. The van der Waals surface area contributed by atoms with Crippen LogP contribution in [0.5, 0.6) is 0 Å². The molecule has 0 saturated carbocycles. The summed E-state index contributed by atoms with van der Waals surface area (Å²) in [5.74, 6) is 0.781. The van der Waals surface area contributed by atoms with Crippen LogP contribution in [-0.2, 0) is 10.0 Å². The van der Waals surface area contributed by atoms with Gasteiger partial charge in [0, 0.05) is 13.1 Å². The van der Waals surface area contributed by atoms with E-state index in [9.17, 15) is 8.42 Å². The van der Waals surface area contributed by atoms with Crippen molar-refractivity contribution in [2.24, 2.45) is 11.8 Å². The molecule has 0 aromatic heterocycles. The van der Waals surface area contributed by atoms with Crippen LogP contribution in [0.3, 0.4) is 0 Å². The van der Waals surface area contributed by atoms with Gasteiger partial charge in [0.25, 0.3) is 0 Å². The Kier molecular flexibility index (Phi) is 3.46. The van der Waals surface area contributed by atoms with Crippen LogP contribution in [0.25, 0.3) is 0 Å². The summed E-state index contributed by atoms with van der Waals surface area (Å²) in [6, 6.07) is 6.25. The molecule has 7 heteroatoms. The Morgan fingerprint density at radius 3 is 2.50 bits per heavy atom. The molecule has 0 spiro atoms. The average Bonchev–Trinajstić information content (AvgIpc) is 2.99. The standard InChI is InChI=1S/C13H14ClN3O2S/c14-12-3-9(4-15)1-2-13(12)20(18,19)17-7-10-5-16-6-11(10)8-17/h1-3,10-11,16H,5-8H2. The van der Waals surface area contributed by atoms with Crippen molar-refractivity contribution in [3.05, 3.63) is 28.8 Å². The molecule has 2 heterocycles. The molecule has 0 amide bonds. The first-order valence-electron chi connectivity index (χ1n) is 6.43. The summed E-state index contributed by atoms with van der Waals surface area (Å²) in [6.45, 7) is 2.82. The molecule has 2 saturated heterocycles. The van der Waals surface area contributed by atoms with Gasteiger partial charge in [-0.3, -0.25) is 0 Å². The van der Waals surface area contributed by atoms with Gasteiger partial charge in [0.1, 0.15) is 4.90 Å². The van der Waals surface area contributed by atoms with E-state index in [1.807, 2.05) is 6.07 Å². The first-order valence-corrected chi connectivity index (χ1v) is 8.24. The van der Waals surface area contributed by atoms with Crippen LogP contribution in [0.15, 0.2) is 23.1 Å². The fourth-order valence-electron chi connectivity index (χ4n) is 2.93. The third-order valence-corrected chi connectivity index (χ3v) is 6.35. The third kappa shape index (κ3) is 2.21. The quantitative estimate of drug-likeness (QED) is 0.886. The highest BCUT2D eigenvalue weighted by Crippen LogP contribution is 2.33. The SMILES string of the molecule is N#Cc1ccc(S(=O)(=O)N2CC3CNCC3C2)c(Cl)c1. The molecule has 0 aliphatic carbocycles. The average molecular weight is 312 g/mol. The largest absolute Gasteiger partial charge is 0.316 e. The number of nitrogens with one attached hydrogen (secondary N) is 1. The Morgan fingerprint density at radius 1 is 1.30 bits per heavy atom. The normalized spacial score (nSPS) is 26.4. The number of rotatable bonds is 2. The van der Waals surface area contributed by atoms with E-state index in [4.69, 9.17) is 16.9 Å². The summed E-state index contributed by atoms with van der Waals surface area (Å²) in [4.78, 5) is 0.0890. The van der Waals surface area contributed by atoms with E-state index in [-0.39, 0.29) is 9.92 Å². The highest BCUT2D eigenvalue weighted by atomic mass is 35.5. The number of hydrogen-bond donors (Lipinski definition) is 1. The molecular formula is C13H14ClN3O2S. The maximum absolute atomic E-state index is 12.6. The number of nitriles is 1. The van der Waals surface area contributed by atoms with Crippen molar-refractivity contribution in [1.29, 1.82) is 5.26 Å². The van der Waals surface area contributed by atoms with E-state index in [1.54, 1.807) is 0 Å². The van der Waals surface area contributed by atoms with Gasteiger partial charge in [-0.05, 0) is 43.1 Å². The van der Waals surface area contributed by atoms with Crippen LogP contribution in [0.1, 0.15) is 5.56 Å². The van der Waals surface area contributed by atoms with Gasteiger partial charge in [-0.2, -0.15) is 9.57 Å². The highest BCUT2D eigenvalue weighted by Gasteiger charge is 2.41. The Bertz CT molecular complexity index is 671. The van der Waals surface area contributed by atoms with Crippen molar-refractivity contribution in [3.8, 4) is 6.07 Å². The molecule has 2 aliphatic rings. The van der Waals surface area contributed by atoms with Crippen molar-refractivity contribution < 1.29 is 8.42 Å². The number of hydrogen-bond acceptors (Lipinski definition) is 4. The Hall–Kier alpha value is -1.13. The molecule has 3 rings (SSSR count). The fourth-order valence-corrected chi connectivity index (χ4v) is 5.00. The lowest BCUT2D eigenvalue weighted by Crippen LogP contribution is -2.32. The number of benzene rings is 1.